The van der Waals surface area contributed by atoms with E-state index in [0.717, 1.165) is 16.5 Å². The smallest absolute Gasteiger partial charge is 0.277 e. The summed E-state index contributed by atoms with van der Waals surface area (Å²) in [5.74, 6) is -0.265. The predicted octanol–water partition coefficient (Wildman–Crippen LogP) is 2.66. The lowest BCUT2D eigenvalue weighted by molar-refractivity contribution is -0.123. The van der Waals surface area contributed by atoms with Gasteiger partial charge >= 0.3 is 0 Å². The minimum absolute atomic E-state index is 0.0996. The first-order valence-corrected chi connectivity index (χ1v) is 8.02. The van der Waals surface area contributed by atoms with Crippen LogP contribution in [0.2, 0.25) is 0 Å². The second-order valence-corrected chi connectivity index (χ2v) is 5.79. The number of aromatic amines is 1. The summed E-state index contributed by atoms with van der Waals surface area (Å²) in [6.07, 6.45) is 3.27. The van der Waals surface area contributed by atoms with E-state index >= 15 is 0 Å². The van der Waals surface area contributed by atoms with Gasteiger partial charge in [-0.25, -0.2) is 4.99 Å². The number of imide groups is 1. The molecule has 0 spiro atoms. The summed E-state index contributed by atoms with van der Waals surface area (Å²) >= 11 is 0. The summed E-state index contributed by atoms with van der Waals surface area (Å²) < 4.78 is 5.18. The second-order valence-electron chi connectivity index (χ2n) is 5.79. The zero-order valence-electron chi connectivity index (χ0n) is 13.9. The van der Waals surface area contributed by atoms with Crippen molar-refractivity contribution in [1.29, 1.82) is 0 Å². The summed E-state index contributed by atoms with van der Waals surface area (Å²) in [5, 5.41) is 3.19. The number of aliphatic imine (C=N–C) groups is 1. The Balaban J connectivity index is 1.81. The number of hydrogen-bond donors (Lipinski definition) is 2. The third-order valence-corrected chi connectivity index (χ3v) is 4.20. The van der Waals surface area contributed by atoms with E-state index < -0.39 is 11.8 Å². The second kappa shape index (κ2) is 6.33. The van der Waals surface area contributed by atoms with Crippen LogP contribution in [0.5, 0.6) is 5.75 Å². The van der Waals surface area contributed by atoms with Crippen molar-refractivity contribution in [3.63, 3.8) is 0 Å². The van der Waals surface area contributed by atoms with Crippen LogP contribution < -0.4 is 10.1 Å². The monoisotopic (exact) mass is 345 g/mol. The molecule has 0 saturated heterocycles. The van der Waals surface area contributed by atoms with Crippen molar-refractivity contribution >= 4 is 34.5 Å². The Morgan fingerprint density at radius 2 is 1.88 bits per heavy atom. The number of nitrogens with zero attached hydrogens (tertiary/aromatic N) is 1. The van der Waals surface area contributed by atoms with Gasteiger partial charge in [0.05, 0.1) is 12.7 Å². The molecule has 0 radical (unpaired) electrons. The van der Waals surface area contributed by atoms with Gasteiger partial charge in [-0.3, -0.25) is 14.9 Å². The largest absolute Gasteiger partial charge is 0.497 e. The van der Waals surface area contributed by atoms with Gasteiger partial charge in [0, 0.05) is 28.9 Å². The zero-order chi connectivity index (χ0) is 18.1. The van der Waals surface area contributed by atoms with Crippen LogP contribution in [0.4, 0.5) is 0 Å². The Morgan fingerprint density at radius 3 is 2.73 bits per heavy atom. The van der Waals surface area contributed by atoms with Crippen molar-refractivity contribution in [2.75, 3.05) is 7.11 Å². The molecule has 0 atom stereocenters. The van der Waals surface area contributed by atoms with Crippen molar-refractivity contribution < 1.29 is 14.3 Å². The summed E-state index contributed by atoms with van der Waals surface area (Å²) in [7, 11) is 1.58. The van der Waals surface area contributed by atoms with Gasteiger partial charge in [0.15, 0.2) is 0 Å². The van der Waals surface area contributed by atoms with Crippen LogP contribution in [0.1, 0.15) is 11.1 Å². The summed E-state index contributed by atoms with van der Waals surface area (Å²) in [4.78, 5) is 32.0. The standard InChI is InChI=1S/C20H15N3O3/c1-26-13-6-4-5-12(9-13)10-22-18-17(19(24)23-20(18)25)15-11-21-16-8-3-2-7-14(15)16/h2-11,21H,1H3,(H,23,24,25). The van der Waals surface area contributed by atoms with Gasteiger partial charge in [-0.2, -0.15) is 0 Å². The molecular formula is C20H15N3O3. The molecule has 2 aromatic carbocycles. The predicted molar refractivity (Wildman–Crippen MR) is 99.0 cm³/mol. The van der Waals surface area contributed by atoms with E-state index in [9.17, 15) is 9.59 Å². The third-order valence-electron chi connectivity index (χ3n) is 4.20. The first kappa shape index (κ1) is 15.8. The maximum Gasteiger partial charge on any atom is 0.277 e. The van der Waals surface area contributed by atoms with Crippen molar-refractivity contribution in [2.24, 2.45) is 4.99 Å². The average Bonchev–Trinajstić information content (AvgIpc) is 3.20. The fourth-order valence-corrected chi connectivity index (χ4v) is 2.96. The topological polar surface area (TPSA) is 83.5 Å². The Morgan fingerprint density at radius 1 is 1.04 bits per heavy atom. The molecule has 0 aliphatic carbocycles. The van der Waals surface area contributed by atoms with E-state index in [0.29, 0.717) is 11.3 Å². The molecule has 1 aliphatic heterocycles. The molecule has 4 rings (SSSR count). The molecule has 2 heterocycles. The number of para-hydroxylation sites is 1. The Kier molecular flexibility index (Phi) is 3.85. The van der Waals surface area contributed by atoms with E-state index in [1.807, 2.05) is 42.5 Å². The number of methoxy groups -OCH3 is 1. The maximum absolute atomic E-state index is 12.4. The number of aromatic nitrogens is 1. The number of nitrogens with one attached hydrogen (secondary N) is 2. The number of fused-ring (bicyclic) bond motifs is 1. The molecule has 26 heavy (non-hydrogen) atoms. The van der Waals surface area contributed by atoms with Gasteiger partial charge in [-0.1, -0.05) is 30.3 Å². The number of H-pyrrole nitrogens is 1. The lowest BCUT2D eigenvalue weighted by Gasteiger charge is -2.01. The van der Waals surface area contributed by atoms with E-state index in [1.54, 1.807) is 25.6 Å². The minimum Gasteiger partial charge on any atom is -0.497 e. The zero-order valence-corrected chi connectivity index (χ0v) is 13.9. The van der Waals surface area contributed by atoms with E-state index in [-0.39, 0.29) is 11.3 Å². The van der Waals surface area contributed by atoms with Crippen molar-refractivity contribution in [2.45, 2.75) is 0 Å². The molecule has 6 heteroatoms. The number of hydrogen-bond acceptors (Lipinski definition) is 4. The van der Waals surface area contributed by atoms with Crippen molar-refractivity contribution in [1.82, 2.24) is 10.3 Å². The summed E-state index contributed by atoms with van der Waals surface area (Å²) in [6.45, 7) is 0. The highest BCUT2D eigenvalue weighted by Crippen LogP contribution is 2.30. The number of ether oxygens (including phenoxy) is 1. The molecule has 1 aromatic heterocycles. The first-order valence-electron chi connectivity index (χ1n) is 8.02. The number of benzene rings is 2. The molecule has 128 valence electrons. The minimum atomic E-state index is -0.505. The maximum atomic E-state index is 12.4. The summed E-state index contributed by atoms with van der Waals surface area (Å²) in [5.41, 5.74) is 2.68. The number of carbonyl (C=O) groups is 2. The van der Waals surface area contributed by atoms with Gasteiger partial charge in [-0.15, -0.1) is 0 Å². The number of amides is 2. The molecule has 0 unspecified atom stereocenters. The normalized spacial score (nSPS) is 14.5. The lowest BCUT2D eigenvalue weighted by atomic mass is 10.0. The summed E-state index contributed by atoms with van der Waals surface area (Å²) in [6, 6.07) is 14.9. The Hall–Kier alpha value is -3.67. The number of carbonyl (C=O) groups excluding carboxylic acids is 2. The first-order chi connectivity index (χ1) is 12.7. The van der Waals surface area contributed by atoms with Gasteiger partial charge in [0.1, 0.15) is 11.4 Å². The van der Waals surface area contributed by atoms with Crippen molar-refractivity contribution in [3.05, 3.63) is 71.6 Å². The highest BCUT2D eigenvalue weighted by atomic mass is 16.5. The molecule has 6 nitrogen and oxygen atoms in total. The number of rotatable bonds is 4. The van der Waals surface area contributed by atoms with E-state index in [1.165, 1.54) is 0 Å². The fraction of sp³-hybridized carbons (Fsp3) is 0.0500. The molecule has 0 bridgehead atoms. The van der Waals surface area contributed by atoms with Crippen LogP contribution in [-0.2, 0) is 9.59 Å². The van der Waals surface area contributed by atoms with Gasteiger partial charge in [-0.05, 0) is 23.8 Å². The molecule has 2 amide bonds. The van der Waals surface area contributed by atoms with Gasteiger partial charge < -0.3 is 9.72 Å². The molecule has 0 fully saturated rings. The van der Waals surface area contributed by atoms with Crippen molar-refractivity contribution in [3.8, 4) is 5.75 Å². The molecule has 3 aromatic rings. The Bertz CT molecular complexity index is 1090. The highest BCUT2D eigenvalue weighted by Gasteiger charge is 2.32. The average molecular weight is 345 g/mol. The van der Waals surface area contributed by atoms with Crippen LogP contribution in [0.3, 0.4) is 0 Å². The van der Waals surface area contributed by atoms with Crippen LogP contribution in [0, 0.1) is 0 Å². The van der Waals surface area contributed by atoms with Crippen LogP contribution in [0.15, 0.2) is 65.4 Å². The van der Waals surface area contributed by atoms with Gasteiger partial charge in [0.2, 0.25) is 0 Å². The van der Waals surface area contributed by atoms with Gasteiger partial charge in [0.25, 0.3) is 11.8 Å². The van der Waals surface area contributed by atoms with E-state index in [2.05, 4.69) is 15.3 Å². The fourth-order valence-electron chi connectivity index (χ4n) is 2.96. The van der Waals surface area contributed by atoms with Crippen LogP contribution in [0.25, 0.3) is 16.5 Å². The molecule has 2 N–H and O–H groups in total. The molecular weight excluding hydrogens is 330 g/mol. The SMILES string of the molecule is COc1cccc(C=NC2=C(c3c[nH]c4ccccc34)C(=O)NC2=O)c1. The van der Waals surface area contributed by atoms with E-state index in [4.69, 9.17) is 4.74 Å². The quantitative estimate of drug-likeness (QED) is 0.563. The molecule has 1 aliphatic rings. The van der Waals surface area contributed by atoms with Crippen LogP contribution >= 0.6 is 0 Å². The third kappa shape index (κ3) is 2.67. The molecule has 0 saturated carbocycles. The lowest BCUT2D eigenvalue weighted by Crippen LogP contribution is -2.22. The Labute approximate surface area is 149 Å². The van der Waals surface area contributed by atoms with Crippen LogP contribution in [-0.4, -0.2) is 30.1 Å². The highest BCUT2D eigenvalue weighted by molar-refractivity contribution is 6.37.